The number of hydrogen-bond acceptors (Lipinski definition) is 4. The zero-order valence-corrected chi connectivity index (χ0v) is 19.1. The Morgan fingerprint density at radius 2 is 1.77 bits per heavy atom. The molecule has 0 amide bonds. The van der Waals surface area contributed by atoms with Crippen molar-refractivity contribution in [2.24, 2.45) is 0 Å². The molecule has 1 N–H and O–H groups in total. The van der Waals surface area contributed by atoms with Crippen LogP contribution in [0.25, 0.3) is 22.3 Å². The van der Waals surface area contributed by atoms with E-state index in [-0.39, 0.29) is 11.5 Å². The van der Waals surface area contributed by atoms with Crippen LogP contribution in [0.2, 0.25) is 5.15 Å². The Morgan fingerprint density at radius 1 is 1.00 bits per heavy atom. The fraction of sp³-hybridized carbons (Fsp3) is 0.231. The molecule has 2 heterocycles. The third-order valence-electron chi connectivity index (χ3n) is 5.56. The van der Waals surface area contributed by atoms with Gasteiger partial charge in [0.1, 0.15) is 16.5 Å². The average Bonchev–Trinajstić information content (AvgIpc) is 2.72. The Hall–Kier alpha value is -3.11. The lowest BCUT2D eigenvalue weighted by Gasteiger charge is -2.19. The summed E-state index contributed by atoms with van der Waals surface area (Å²) in [5.41, 5.74) is 6.89. The van der Waals surface area contributed by atoms with Crippen LogP contribution in [0.4, 0.5) is 5.69 Å². The normalized spacial score (nSPS) is 12.2. The number of aromatic nitrogens is 1. The second kappa shape index (κ2) is 8.20. The van der Waals surface area contributed by atoms with Gasteiger partial charge in [0, 0.05) is 16.7 Å². The molecule has 158 valence electrons. The molecule has 0 saturated heterocycles. The smallest absolute Gasteiger partial charge is 0.196 e. The second-order valence-electron chi connectivity index (χ2n) is 8.12. The van der Waals surface area contributed by atoms with E-state index in [4.69, 9.17) is 16.0 Å². The highest BCUT2D eigenvalue weighted by Gasteiger charge is 2.19. The number of nitrogens with one attached hydrogen (secondary N) is 1. The summed E-state index contributed by atoms with van der Waals surface area (Å²) in [6.07, 6.45) is 0. The second-order valence-corrected chi connectivity index (χ2v) is 8.51. The summed E-state index contributed by atoms with van der Waals surface area (Å²) in [6, 6.07) is 15.6. The molecular formula is C26H25ClN2O2. The van der Waals surface area contributed by atoms with Gasteiger partial charge in [0.25, 0.3) is 0 Å². The lowest BCUT2D eigenvalue weighted by atomic mass is 9.98. The van der Waals surface area contributed by atoms with Gasteiger partial charge in [0.05, 0.1) is 22.8 Å². The first kappa shape index (κ1) is 21.1. The van der Waals surface area contributed by atoms with Gasteiger partial charge in [0.15, 0.2) is 5.43 Å². The minimum atomic E-state index is -0.111. The van der Waals surface area contributed by atoms with Crippen molar-refractivity contribution >= 4 is 28.3 Å². The molecule has 5 heteroatoms. The molecular weight excluding hydrogens is 408 g/mol. The number of rotatable bonds is 4. The Morgan fingerprint density at radius 3 is 2.48 bits per heavy atom. The molecule has 0 fully saturated rings. The van der Waals surface area contributed by atoms with E-state index in [9.17, 15) is 4.79 Å². The first-order valence-electron chi connectivity index (χ1n) is 10.3. The number of hydrogen-bond donors (Lipinski definition) is 1. The van der Waals surface area contributed by atoms with E-state index < -0.39 is 0 Å². The Bertz CT molecular complexity index is 1360. The minimum Gasteiger partial charge on any atom is -0.455 e. The zero-order valence-electron chi connectivity index (χ0n) is 18.3. The molecule has 31 heavy (non-hydrogen) atoms. The molecule has 4 nitrogen and oxygen atoms in total. The summed E-state index contributed by atoms with van der Waals surface area (Å²) in [5, 5.41) is 4.55. The van der Waals surface area contributed by atoms with E-state index in [1.165, 1.54) is 0 Å². The van der Waals surface area contributed by atoms with E-state index in [0.29, 0.717) is 27.4 Å². The standard InChI is InChI=1S/C26H25ClN2O2/c1-14-7-6-8-19(11-14)25-16(3)24(30)21-13-15(2)12-20(26(21)31-25)17(4)28-22-9-10-23(27)29-18(22)5/h6-13,17,28H,1-5H3/t17-/m1/s1. The van der Waals surface area contributed by atoms with E-state index in [1.807, 2.05) is 64.1 Å². The molecule has 0 aliphatic carbocycles. The van der Waals surface area contributed by atoms with Crippen LogP contribution in [0.1, 0.15) is 40.9 Å². The molecule has 0 radical (unpaired) electrons. The van der Waals surface area contributed by atoms with E-state index >= 15 is 0 Å². The number of halogens is 1. The zero-order chi connectivity index (χ0) is 22.3. The third-order valence-corrected chi connectivity index (χ3v) is 5.77. The summed E-state index contributed by atoms with van der Waals surface area (Å²) in [4.78, 5) is 17.6. The van der Waals surface area contributed by atoms with Gasteiger partial charge in [-0.25, -0.2) is 4.98 Å². The van der Waals surface area contributed by atoms with Crippen molar-refractivity contribution in [3.8, 4) is 11.3 Å². The molecule has 2 aromatic heterocycles. The SMILES string of the molecule is Cc1cccc(-c2oc3c([C@@H](C)Nc4ccc(Cl)nc4C)cc(C)cc3c(=O)c2C)c1. The van der Waals surface area contributed by atoms with Gasteiger partial charge in [-0.15, -0.1) is 0 Å². The van der Waals surface area contributed by atoms with Gasteiger partial charge in [-0.2, -0.15) is 0 Å². The number of fused-ring (bicyclic) bond motifs is 1. The van der Waals surface area contributed by atoms with Crippen LogP contribution in [0, 0.1) is 27.7 Å². The summed E-state index contributed by atoms with van der Waals surface area (Å²) < 4.78 is 6.43. The fourth-order valence-electron chi connectivity index (χ4n) is 3.94. The van der Waals surface area contributed by atoms with Crippen LogP contribution in [-0.4, -0.2) is 4.98 Å². The number of nitrogens with zero attached hydrogens (tertiary/aromatic N) is 1. The van der Waals surface area contributed by atoms with Crippen molar-refractivity contribution in [2.45, 2.75) is 40.7 Å². The molecule has 4 aromatic rings. The topological polar surface area (TPSA) is 55.1 Å². The molecule has 4 rings (SSSR count). The Labute approximate surface area is 186 Å². The van der Waals surface area contributed by atoms with Crippen LogP contribution in [0.15, 0.2) is 57.7 Å². The monoisotopic (exact) mass is 432 g/mol. The van der Waals surface area contributed by atoms with Crippen molar-refractivity contribution < 1.29 is 4.42 Å². The lowest BCUT2D eigenvalue weighted by Crippen LogP contribution is -2.13. The van der Waals surface area contributed by atoms with E-state index in [2.05, 4.69) is 23.3 Å². The van der Waals surface area contributed by atoms with Crippen LogP contribution in [0.3, 0.4) is 0 Å². The summed E-state index contributed by atoms with van der Waals surface area (Å²) in [7, 11) is 0. The predicted octanol–water partition coefficient (Wildman–Crippen LogP) is 6.92. The van der Waals surface area contributed by atoms with Crippen LogP contribution in [-0.2, 0) is 0 Å². The lowest BCUT2D eigenvalue weighted by molar-refractivity contribution is 0.605. The van der Waals surface area contributed by atoms with Gasteiger partial charge in [-0.05, 0) is 64.4 Å². The molecule has 0 spiro atoms. The Balaban J connectivity index is 1.89. The molecule has 0 aliphatic rings. The quantitative estimate of drug-likeness (QED) is 0.356. The van der Waals surface area contributed by atoms with Gasteiger partial charge in [0.2, 0.25) is 0 Å². The first-order chi connectivity index (χ1) is 14.7. The fourth-order valence-corrected chi connectivity index (χ4v) is 4.13. The van der Waals surface area contributed by atoms with Crippen molar-refractivity contribution in [1.82, 2.24) is 4.98 Å². The number of aryl methyl sites for hydroxylation is 3. The maximum atomic E-state index is 13.3. The molecule has 0 aliphatic heterocycles. The molecule has 0 unspecified atom stereocenters. The molecule has 1 atom stereocenters. The number of anilines is 1. The van der Waals surface area contributed by atoms with Crippen molar-refractivity contribution in [2.75, 3.05) is 5.32 Å². The predicted molar refractivity (Wildman–Crippen MR) is 128 cm³/mol. The Kier molecular flexibility index (Phi) is 5.59. The van der Waals surface area contributed by atoms with Crippen molar-refractivity contribution in [1.29, 1.82) is 0 Å². The van der Waals surface area contributed by atoms with Crippen molar-refractivity contribution in [3.05, 3.63) is 91.9 Å². The molecule has 0 saturated carbocycles. The van der Waals surface area contributed by atoms with Crippen LogP contribution >= 0.6 is 11.6 Å². The average molecular weight is 433 g/mol. The highest BCUT2D eigenvalue weighted by atomic mass is 35.5. The highest BCUT2D eigenvalue weighted by Crippen LogP contribution is 2.32. The van der Waals surface area contributed by atoms with Gasteiger partial charge in [-0.1, -0.05) is 41.4 Å². The third kappa shape index (κ3) is 4.08. The molecule has 2 aromatic carbocycles. The van der Waals surface area contributed by atoms with E-state index in [0.717, 1.165) is 33.6 Å². The van der Waals surface area contributed by atoms with Crippen LogP contribution < -0.4 is 10.7 Å². The van der Waals surface area contributed by atoms with E-state index in [1.54, 1.807) is 6.07 Å². The van der Waals surface area contributed by atoms with Gasteiger partial charge < -0.3 is 9.73 Å². The minimum absolute atomic E-state index is 0.000698. The van der Waals surface area contributed by atoms with Gasteiger partial charge in [-0.3, -0.25) is 4.79 Å². The number of benzene rings is 2. The highest BCUT2D eigenvalue weighted by molar-refractivity contribution is 6.29. The number of pyridine rings is 1. The summed E-state index contributed by atoms with van der Waals surface area (Å²) in [6.45, 7) is 9.81. The maximum absolute atomic E-state index is 13.3. The summed E-state index contributed by atoms with van der Waals surface area (Å²) >= 11 is 6.00. The maximum Gasteiger partial charge on any atom is 0.196 e. The largest absolute Gasteiger partial charge is 0.455 e. The van der Waals surface area contributed by atoms with Crippen LogP contribution in [0.5, 0.6) is 0 Å². The van der Waals surface area contributed by atoms with Gasteiger partial charge >= 0.3 is 0 Å². The summed E-state index contributed by atoms with van der Waals surface area (Å²) in [5.74, 6) is 0.614. The first-order valence-corrected chi connectivity index (χ1v) is 10.7. The molecule has 0 bridgehead atoms. The van der Waals surface area contributed by atoms with Crippen molar-refractivity contribution in [3.63, 3.8) is 0 Å².